The van der Waals surface area contributed by atoms with Gasteiger partial charge in [-0.05, 0) is 30.7 Å². The lowest BCUT2D eigenvalue weighted by atomic mass is 10.2. The van der Waals surface area contributed by atoms with E-state index in [2.05, 4.69) is 41.6 Å². The highest BCUT2D eigenvalue weighted by atomic mass is 32.2. The molecule has 1 aromatic carbocycles. The zero-order chi connectivity index (χ0) is 13.0. The largest absolute Gasteiger partial charge is 0.396 e. The van der Waals surface area contributed by atoms with Crippen LogP contribution in [-0.2, 0) is 6.54 Å². The highest BCUT2D eigenvalue weighted by Gasteiger charge is 2.06. The number of aryl methyl sites for hydroxylation is 2. The van der Waals surface area contributed by atoms with Gasteiger partial charge in [0.05, 0.1) is 11.0 Å². The van der Waals surface area contributed by atoms with Gasteiger partial charge in [-0.2, -0.15) is 11.8 Å². The molecule has 0 aliphatic rings. The lowest BCUT2D eigenvalue weighted by Gasteiger charge is -2.09. The molecule has 0 saturated carbocycles. The minimum atomic E-state index is 0.278. The molecule has 0 amide bonds. The molecule has 1 heterocycles. The first kappa shape index (κ1) is 13.4. The van der Waals surface area contributed by atoms with Gasteiger partial charge in [0.15, 0.2) is 0 Å². The Morgan fingerprint density at radius 1 is 1.39 bits per heavy atom. The molecule has 1 atom stereocenters. The van der Waals surface area contributed by atoms with E-state index in [1.54, 1.807) is 0 Å². The molecule has 0 spiro atoms. The number of imidazole rings is 1. The third-order valence-corrected chi connectivity index (χ3v) is 4.29. The molecule has 1 aromatic heterocycles. The molecule has 2 aromatic rings. The quantitative estimate of drug-likeness (QED) is 0.815. The first-order valence-electron chi connectivity index (χ1n) is 6.33. The van der Waals surface area contributed by atoms with Crippen LogP contribution in [0.4, 0.5) is 0 Å². The summed E-state index contributed by atoms with van der Waals surface area (Å²) in [5.74, 6) is 3.54. The van der Waals surface area contributed by atoms with E-state index in [4.69, 9.17) is 5.11 Å². The summed E-state index contributed by atoms with van der Waals surface area (Å²) in [4.78, 5) is 4.56. The summed E-state index contributed by atoms with van der Waals surface area (Å²) in [6.07, 6.45) is 0. The number of thioether (sulfide) groups is 1. The Bertz CT molecular complexity index is 509. The SMILES string of the molecule is Cc1nc2ccccc2n1CCSCC(C)CO. The summed E-state index contributed by atoms with van der Waals surface area (Å²) >= 11 is 1.89. The van der Waals surface area contributed by atoms with Gasteiger partial charge in [0.25, 0.3) is 0 Å². The first-order chi connectivity index (χ1) is 8.72. The van der Waals surface area contributed by atoms with E-state index in [-0.39, 0.29) is 6.61 Å². The van der Waals surface area contributed by atoms with Crippen molar-refractivity contribution in [2.75, 3.05) is 18.1 Å². The van der Waals surface area contributed by atoms with E-state index >= 15 is 0 Å². The van der Waals surface area contributed by atoms with Crippen LogP contribution in [0.15, 0.2) is 24.3 Å². The van der Waals surface area contributed by atoms with E-state index in [0.717, 1.165) is 29.4 Å². The van der Waals surface area contributed by atoms with Gasteiger partial charge < -0.3 is 9.67 Å². The highest BCUT2D eigenvalue weighted by molar-refractivity contribution is 7.99. The molecule has 2 rings (SSSR count). The fraction of sp³-hybridized carbons (Fsp3) is 0.500. The van der Waals surface area contributed by atoms with Gasteiger partial charge in [-0.3, -0.25) is 0 Å². The molecule has 1 unspecified atom stereocenters. The molecular weight excluding hydrogens is 244 g/mol. The van der Waals surface area contributed by atoms with Crippen molar-refractivity contribution in [2.45, 2.75) is 20.4 Å². The van der Waals surface area contributed by atoms with Crippen LogP contribution in [0.25, 0.3) is 11.0 Å². The maximum Gasteiger partial charge on any atom is 0.106 e. The summed E-state index contributed by atoms with van der Waals surface area (Å²) in [6, 6.07) is 8.26. The molecule has 0 aliphatic carbocycles. The standard InChI is InChI=1S/C14H20N2OS/c1-11(9-17)10-18-8-7-16-12(2)15-13-5-3-4-6-14(13)16/h3-6,11,17H,7-10H2,1-2H3. The van der Waals surface area contributed by atoms with Gasteiger partial charge in [-0.15, -0.1) is 0 Å². The molecule has 3 nitrogen and oxygen atoms in total. The Hall–Kier alpha value is -1.00. The van der Waals surface area contributed by atoms with Crippen molar-refractivity contribution in [1.29, 1.82) is 0 Å². The van der Waals surface area contributed by atoms with Gasteiger partial charge in [0.2, 0.25) is 0 Å². The van der Waals surface area contributed by atoms with Crippen molar-refractivity contribution in [3.63, 3.8) is 0 Å². The summed E-state index contributed by atoms with van der Waals surface area (Å²) in [7, 11) is 0. The Labute approximate surface area is 112 Å². The molecule has 0 fully saturated rings. The van der Waals surface area contributed by atoms with E-state index in [9.17, 15) is 0 Å². The van der Waals surface area contributed by atoms with Crippen LogP contribution in [-0.4, -0.2) is 32.8 Å². The number of benzene rings is 1. The van der Waals surface area contributed by atoms with Crippen LogP contribution in [0.2, 0.25) is 0 Å². The second kappa shape index (κ2) is 6.25. The van der Waals surface area contributed by atoms with Crippen molar-refractivity contribution in [1.82, 2.24) is 9.55 Å². The number of aliphatic hydroxyl groups excluding tert-OH is 1. The fourth-order valence-corrected chi connectivity index (χ4v) is 2.96. The summed E-state index contributed by atoms with van der Waals surface area (Å²) in [6.45, 7) is 5.39. The summed E-state index contributed by atoms with van der Waals surface area (Å²) < 4.78 is 2.27. The third-order valence-electron chi connectivity index (χ3n) is 3.02. The van der Waals surface area contributed by atoms with E-state index < -0.39 is 0 Å². The Kier molecular flexibility index (Phi) is 4.66. The van der Waals surface area contributed by atoms with Crippen molar-refractivity contribution >= 4 is 22.8 Å². The molecular formula is C14H20N2OS. The van der Waals surface area contributed by atoms with Crippen molar-refractivity contribution < 1.29 is 5.11 Å². The van der Waals surface area contributed by atoms with Crippen LogP contribution in [0.5, 0.6) is 0 Å². The molecule has 98 valence electrons. The average molecular weight is 264 g/mol. The van der Waals surface area contributed by atoms with E-state index in [0.29, 0.717) is 5.92 Å². The van der Waals surface area contributed by atoms with E-state index in [1.165, 1.54) is 5.52 Å². The van der Waals surface area contributed by atoms with Crippen LogP contribution >= 0.6 is 11.8 Å². The number of aliphatic hydroxyl groups is 1. The van der Waals surface area contributed by atoms with Crippen molar-refractivity contribution in [2.24, 2.45) is 5.92 Å². The molecule has 0 radical (unpaired) electrons. The van der Waals surface area contributed by atoms with Gasteiger partial charge in [-0.25, -0.2) is 4.98 Å². The number of fused-ring (bicyclic) bond motifs is 1. The minimum Gasteiger partial charge on any atom is -0.396 e. The number of para-hydroxylation sites is 2. The van der Waals surface area contributed by atoms with Gasteiger partial charge >= 0.3 is 0 Å². The number of rotatable bonds is 6. The predicted molar refractivity (Wildman–Crippen MR) is 78.0 cm³/mol. The fourth-order valence-electron chi connectivity index (χ4n) is 1.97. The average Bonchev–Trinajstić information content (AvgIpc) is 2.70. The predicted octanol–water partition coefficient (Wildman–Crippen LogP) is 2.71. The molecule has 1 N–H and O–H groups in total. The van der Waals surface area contributed by atoms with Crippen LogP contribution in [0.3, 0.4) is 0 Å². The van der Waals surface area contributed by atoms with E-state index in [1.807, 2.05) is 17.8 Å². The smallest absolute Gasteiger partial charge is 0.106 e. The zero-order valence-corrected chi connectivity index (χ0v) is 11.8. The van der Waals surface area contributed by atoms with Crippen molar-refractivity contribution in [3.8, 4) is 0 Å². The molecule has 0 saturated heterocycles. The normalized spacial score (nSPS) is 13.1. The number of hydrogen-bond acceptors (Lipinski definition) is 3. The second-order valence-corrected chi connectivity index (χ2v) is 5.81. The topological polar surface area (TPSA) is 38.0 Å². The number of hydrogen-bond donors (Lipinski definition) is 1. The van der Waals surface area contributed by atoms with Gasteiger partial charge in [0.1, 0.15) is 5.82 Å². The Balaban J connectivity index is 1.97. The summed E-state index contributed by atoms with van der Waals surface area (Å²) in [5.41, 5.74) is 2.29. The minimum absolute atomic E-state index is 0.278. The van der Waals surface area contributed by atoms with Gasteiger partial charge in [0, 0.05) is 18.9 Å². The summed E-state index contributed by atoms with van der Waals surface area (Å²) in [5, 5.41) is 8.97. The molecule has 0 aliphatic heterocycles. The van der Waals surface area contributed by atoms with Crippen LogP contribution < -0.4 is 0 Å². The monoisotopic (exact) mass is 264 g/mol. The maximum atomic E-state index is 8.97. The van der Waals surface area contributed by atoms with Crippen molar-refractivity contribution in [3.05, 3.63) is 30.1 Å². The first-order valence-corrected chi connectivity index (χ1v) is 7.48. The molecule has 4 heteroatoms. The number of aromatic nitrogens is 2. The molecule has 0 bridgehead atoms. The van der Waals surface area contributed by atoms with Crippen LogP contribution in [0.1, 0.15) is 12.7 Å². The second-order valence-electron chi connectivity index (χ2n) is 4.66. The third kappa shape index (κ3) is 3.06. The lowest BCUT2D eigenvalue weighted by molar-refractivity contribution is 0.250. The van der Waals surface area contributed by atoms with Gasteiger partial charge in [-0.1, -0.05) is 19.1 Å². The highest BCUT2D eigenvalue weighted by Crippen LogP contribution is 2.17. The Morgan fingerprint density at radius 3 is 2.94 bits per heavy atom. The lowest BCUT2D eigenvalue weighted by Crippen LogP contribution is -2.07. The molecule has 18 heavy (non-hydrogen) atoms. The Morgan fingerprint density at radius 2 is 2.17 bits per heavy atom. The van der Waals surface area contributed by atoms with Crippen LogP contribution in [0, 0.1) is 12.8 Å². The number of nitrogens with zero attached hydrogens (tertiary/aromatic N) is 2. The maximum absolute atomic E-state index is 8.97. The zero-order valence-electron chi connectivity index (χ0n) is 11.0.